The summed E-state index contributed by atoms with van der Waals surface area (Å²) in [6, 6.07) is 15.6. The highest BCUT2D eigenvalue weighted by Gasteiger charge is 2.32. The zero-order valence-electron chi connectivity index (χ0n) is 19.4. The fourth-order valence-corrected chi connectivity index (χ4v) is 4.43. The van der Waals surface area contributed by atoms with E-state index in [0.717, 1.165) is 21.7 Å². The highest BCUT2D eigenvalue weighted by Crippen LogP contribution is 2.23. The smallest absolute Gasteiger partial charge is 0.244 e. The molecule has 0 aliphatic rings. The van der Waals surface area contributed by atoms with Crippen LogP contribution < -0.4 is 9.62 Å². The molecule has 0 saturated carbocycles. The van der Waals surface area contributed by atoms with E-state index in [1.165, 1.54) is 4.90 Å². The normalized spacial score (nSPS) is 12.3. The van der Waals surface area contributed by atoms with E-state index < -0.39 is 22.0 Å². The molecule has 1 atom stereocenters. The maximum Gasteiger partial charge on any atom is 0.244 e. The Morgan fingerprint density at radius 2 is 1.59 bits per heavy atom. The summed E-state index contributed by atoms with van der Waals surface area (Å²) in [5.41, 5.74) is 2.05. The maximum absolute atomic E-state index is 13.5. The lowest BCUT2D eigenvalue weighted by molar-refractivity contribution is -0.140. The van der Waals surface area contributed by atoms with Gasteiger partial charge in [0, 0.05) is 12.6 Å². The molecule has 0 fully saturated rings. The third-order valence-electron chi connectivity index (χ3n) is 5.08. The van der Waals surface area contributed by atoms with Crippen molar-refractivity contribution in [1.29, 1.82) is 0 Å². The van der Waals surface area contributed by atoms with Crippen molar-refractivity contribution in [3.05, 3.63) is 65.7 Å². The Hall–Kier alpha value is -2.87. The number of amides is 2. The third-order valence-corrected chi connectivity index (χ3v) is 6.20. The topological polar surface area (TPSA) is 86.8 Å². The molecule has 8 heteroatoms. The molecular weight excluding hydrogens is 426 g/mol. The molecule has 0 saturated heterocycles. The van der Waals surface area contributed by atoms with Crippen LogP contribution in [0, 0.1) is 6.92 Å². The number of rotatable bonds is 10. The van der Waals surface area contributed by atoms with Gasteiger partial charge >= 0.3 is 0 Å². The fraction of sp³-hybridized carbons (Fsp3) is 0.417. The molecule has 7 nitrogen and oxygen atoms in total. The summed E-state index contributed by atoms with van der Waals surface area (Å²) in [6.07, 6.45) is 1.48. The van der Waals surface area contributed by atoms with Crippen LogP contribution in [0.25, 0.3) is 0 Å². The Balaban J connectivity index is 2.43. The van der Waals surface area contributed by atoms with Crippen molar-refractivity contribution in [2.24, 2.45) is 0 Å². The number of benzene rings is 2. The molecular formula is C24H33N3O4S. The van der Waals surface area contributed by atoms with Crippen LogP contribution in [-0.4, -0.2) is 50.0 Å². The summed E-state index contributed by atoms with van der Waals surface area (Å²) in [4.78, 5) is 27.9. The second kappa shape index (κ2) is 11.1. The SMILES string of the molecule is CC[C@H](C(=O)NC(C)C)N(Cc1ccccc1)C(=O)CN(c1ccccc1C)S(C)(=O)=O. The van der Waals surface area contributed by atoms with E-state index in [2.05, 4.69) is 5.32 Å². The van der Waals surface area contributed by atoms with Crippen LogP contribution in [0.15, 0.2) is 54.6 Å². The average molecular weight is 460 g/mol. The molecule has 2 aromatic rings. The highest BCUT2D eigenvalue weighted by atomic mass is 32.2. The van der Waals surface area contributed by atoms with Crippen molar-refractivity contribution in [3.8, 4) is 0 Å². The van der Waals surface area contributed by atoms with Crippen LogP contribution in [0.3, 0.4) is 0 Å². The molecule has 0 aliphatic heterocycles. The van der Waals surface area contributed by atoms with Gasteiger partial charge in [-0.25, -0.2) is 8.42 Å². The van der Waals surface area contributed by atoms with E-state index in [-0.39, 0.29) is 25.0 Å². The Morgan fingerprint density at radius 1 is 1.00 bits per heavy atom. The van der Waals surface area contributed by atoms with E-state index in [1.54, 1.807) is 25.1 Å². The van der Waals surface area contributed by atoms with Crippen molar-refractivity contribution < 1.29 is 18.0 Å². The summed E-state index contributed by atoms with van der Waals surface area (Å²) < 4.78 is 26.3. The molecule has 2 rings (SSSR count). The van der Waals surface area contributed by atoms with Crippen LogP contribution >= 0.6 is 0 Å². The van der Waals surface area contributed by atoms with E-state index in [9.17, 15) is 18.0 Å². The molecule has 0 heterocycles. The molecule has 174 valence electrons. The number of carbonyl (C=O) groups is 2. The van der Waals surface area contributed by atoms with Gasteiger partial charge in [0.05, 0.1) is 11.9 Å². The average Bonchev–Trinajstić information content (AvgIpc) is 2.71. The Labute approximate surface area is 191 Å². The first-order chi connectivity index (χ1) is 15.0. The predicted octanol–water partition coefficient (Wildman–Crippen LogP) is 3.09. The molecule has 0 spiro atoms. The zero-order valence-corrected chi connectivity index (χ0v) is 20.2. The van der Waals surface area contributed by atoms with E-state index in [4.69, 9.17) is 0 Å². The van der Waals surface area contributed by atoms with Gasteiger partial charge in [-0.15, -0.1) is 0 Å². The number of carbonyl (C=O) groups excluding carboxylic acids is 2. The second-order valence-electron chi connectivity index (χ2n) is 8.15. The summed E-state index contributed by atoms with van der Waals surface area (Å²) in [5.74, 6) is -0.693. The van der Waals surface area contributed by atoms with Crippen LogP contribution in [0.1, 0.15) is 38.3 Å². The van der Waals surface area contributed by atoms with Crippen molar-refractivity contribution in [2.45, 2.75) is 52.7 Å². The minimum atomic E-state index is -3.73. The predicted molar refractivity (Wildman–Crippen MR) is 128 cm³/mol. The number of hydrogen-bond acceptors (Lipinski definition) is 4. The number of para-hydroxylation sites is 1. The molecule has 0 aromatic heterocycles. The Kier molecular flexibility index (Phi) is 8.83. The third kappa shape index (κ3) is 6.82. The highest BCUT2D eigenvalue weighted by molar-refractivity contribution is 7.92. The van der Waals surface area contributed by atoms with Gasteiger partial charge in [-0.05, 0) is 44.4 Å². The first-order valence-corrected chi connectivity index (χ1v) is 12.6. The summed E-state index contributed by atoms with van der Waals surface area (Å²) in [6.45, 7) is 7.17. The second-order valence-corrected chi connectivity index (χ2v) is 10.1. The molecule has 0 radical (unpaired) electrons. The van der Waals surface area contributed by atoms with Crippen molar-refractivity contribution >= 4 is 27.5 Å². The van der Waals surface area contributed by atoms with Gasteiger partial charge in [-0.3, -0.25) is 13.9 Å². The lowest BCUT2D eigenvalue weighted by Gasteiger charge is -2.33. The molecule has 0 unspecified atom stereocenters. The van der Waals surface area contributed by atoms with E-state index in [1.807, 2.05) is 57.2 Å². The Bertz CT molecular complexity index is 1020. The number of anilines is 1. The molecule has 1 N–H and O–H groups in total. The number of nitrogens with zero attached hydrogens (tertiary/aromatic N) is 2. The zero-order chi connectivity index (χ0) is 23.9. The number of sulfonamides is 1. The lowest BCUT2D eigenvalue weighted by atomic mass is 10.1. The summed E-state index contributed by atoms with van der Waals surface area (Å²) >= 11 is 0. The Morgan fingerprint density at radius 3 is 2.12 bits per heavy atom. The number of nitrogens with one attached hydrogen (secondary N) is 1. The molecule has 32 heavy (non-hydrogen) atoms. The monoisotopic (exact) mass is 459 g/mol. The minimum Gasteiger partial charge on any atom is -0.352 e. The van der Waals surface area contributed by atoms with Crippen molar-refractivity contribution in [3.63, 3.8) is 0 Å². The van der Waals surface area contributed by atoms with Gasteiger partial charge in [-0.2, -0.15) is 0 Å². The maximum atomic E-state index is 13.5. The fourth-order valence-electron chi connectivity index (χ4n) is 3.52. The van der Waals surface area contributed by atoms with Crippen molar-refractivity contribution in [2.75, 3.05) is 17.1 Å². The molecule has 2 aromatic carbocycles. The largest absolute Gasteiger partial charge is 0.352 e. The van der Waals surface area contributed by atoms with Crippen LogP contribution in [0.5, 0.6) is 0 Å². The molecule has 2 amide bonds. The number of hydrogen-bond donors (Lipinski definition) is 1. The molecule has 0 aliphatic carbocycles. The van der Waals surface area contributed by atoms with Crippen LogP contribution in [0.4, 0.5) is 5.69 Å². The van der Waals surface area contributed by atoms with Gasteiger partial charge in [0.15, 0.2) is 0 Å². The van der Waals surface area contributed by atoms with E-state index >= 15 is 0 Å². The quantitative estimate of drug-likeness (QED) is 0.592. The minimum absolute atomic E-state index is 0.0790. The molecule has 0 bridgehead atoms. The van der Waals surface area contributed by atoms with E-state index in [0.29, 0.717) is 12.1 Å². The van der Waals surface area contributed by atoms with Crippen LogP contribution in [0.2, 0.25) is 0 Å². The standard InChI is InChI=1S/C24H33N3O4S/c1-6-21(24(29)25-18(2)3)26(16-20-13-8-7-9-14-20)23(28)17-27(32(5,30)31)22-15-11-10-12-19(22)4/h7-15,18,21H,6,16-17H2,1-5H3,(H,25,29)/t21-/m1/s1. The van der Waals surface area contributed by atoms with Gasteiger partial charge < -0.3 is 10.2 Å². The first kappa shape index (κ1) is 25.4. The van der Waals surface area contributed by atoms with Crippen molar-refractivity contribution in [1.82, 2.24) is 10.2 Å². The summed E-state index contributed by atoms with van der Waals surface area (Å²) in [7, 11) is -3.73. The van der Waals surface area contributed by atoms with Crippen LogP contribution in [-0.2, 0) is 26.2 Å². The summed E-state index contributed by atoms with van der Waals surface area (Å²) in [5, 5.41) is 2.87. The van der Waals surface area contributed by atoms with Gasteiger partial charge in [0.2, 0.25) is 21.8 Å². The lowest BCUT2D eigenvalue weighted by Crippen LogP contribution is -2.53. The number of aryl methyl sites for hydroxylation is 1. The first-order valence-electron chi connectivity index (χ1n) is 10.7. The van der Waals surface area contributed by atoms with Gasteiger partial charge in [0.25, 0.3) is 0 Å². The van der Waals surface area contributed by atoms with Gasteiger partial charge in [0.1, 0.15) is 12.6 Å². The van der Waals surface area contributed by atoms with Gasteiger partial charge in [-0.1, -0.05) is 55.5 Å².